The van der Waals surface area contributed by atoms with Gasteiger partial charge >= 0.3 is 5.91 Å². The molecule has 0 saturated carbocycles. The quantitative estimate of drug-likeness (QED) is 0.758. The number of likely N-dealkylation sites (N-methyl/N-ethyl adjacent to an activating group) is 1. The van der Waals surface area contributed by atoms with Crippen molar-refractivity contribution in [1.82, 2.24) is 4.90 Å². The van der Waals surface area contributed by atoms with E-state index in [0.717, 1.165) is 17.4 Å². The average Bonchev–Trinajstić information content (AvgIpc) is 2.60. The second kappa shape index (κ2) is 4.96. The summed E-state index contributed by atoms with van der Waals surface area (Å²) in [5, 5.41) is 0. The maximum absolute atomic E-state index is 12.7. The van der Waals surface area contributed by atoms with Gasteiger partial charge in [-0.15, -0.1) is 0 Å². The molecule has 1 amide bonds. The minimum Gasteiger partial charge on any atom is -0.431 e. The number of hydrogen-bond donors (Lipinski definition) is 0. The highest BCUT2D eigenvalue weighted by atomic mass is 16.7. The molecule has 1 atom stereocenters. The van der Waals surface area contributed by atoms with E-state index >= 15 is 0 Å². The molecule has 2 heterocycles. The van der Waals surface area contributed by atoms with Crippen LogP contribution in [-0.4, -0.2) is 30.1 Å². The number of hydrogen-bond acceptors (Lipinski definition) is 4. The van der Waals surface area contributed by atoms with Crippen molar-refractivity contribution in [3.8, 4) is 11.5 Å². The van der Waals surface area contributed by atoms with Crippen LogP contribution in [0.1, 0.15) is 31.8 Å². The number of benzene rings is 2. The molecule has 0 aliphatic carbocycles. The van der Waals surface area contributed by atoms with E-state index in [9.17, 15) is 9.59 Å². The Kier molecular flexibility index (Phi) is 3.00. The molecule has 2 aromatic carbocycles. The number of carbonyl (C=O) groups is 2. The average molecular weight is 321 g/mol. The zero-order valence-corrected chi connectivity index (χ0v) is 13.3. The number of rotatable bonds is 1. The lowest BCUT2D eigenvalue weighted by atomic mass is 10.0. The van der Waals surface area contributed by atoms with Gasteiger partial charge in [-0.1, -0.05) is 12.1 Å². The molecule has 0 N–H and O–H groups in total. The van der Waals surface area contributed by atoms with Crippen molar-refractivity contribution in [1.29, 1.82) is 0 Å². The molecule has 5 nitrogen and oxygen atoms in total. The summed E-state index contributed by atoms with van der Waals surface area (Å²) in [6.45, 7) is 1.86. The summed E-state index contributed by atoms with van der Waals surface area (Å²) in [7, 11) is 1.64. The molecule has 1 spiro atoms. The van der Waals surface area contributed by atoms with Crippen molar-refractivity contribution in [3.05, 3.63) is 64.7 Å². The van der Waals surface area contributed by atoms with Crippen LogP contribution in [0.4, 0.5) is 0 Å². The fourth-order valence-corrected chi connectivity index (χ4v) is 3.05. The standard InChI is InChI=1S/C19H15NO4/c1-12-9-13(11-21)10-14-7-8-19(24-17(12)14)20(2)18(22)15-5-3-4-6-16(15)23-19/h3-11H,1-2H3/t19-/m0/s1. The van der Waals surface area contributed by atoms with Gasteiger partial charge in [0.05, 0.1) is 5.56 Å². The smallest absolute Gasteiger partial charge is 0.362 e. The Morgan fingerprint density at radius 2 is 1.96 bits per heavy atom. The van der Waals surface area contributed by atoms with Gasteiger partial charge in [0, 0.05) is 24.3 Å². The third-order valence-electron chi connectivity index (χ3n) is 4.33. The maximum Gasteiger partial charge on any atom is 0.362 e. The topological polar surface area (TPSA) is 55.8 Å². The lowest BCUT2D eigenvalue weighted by molar-refractivity contribution is -0.166. The second-order valence-electron chi connectivity index (χ2n) is 5.90. The van der Waals surface area contributed by atoms with Crippen LogP contribution in [-0.2, 0) is 0 Å². The van der Waals surface area contributed by atoms with E-state index in [0.29, 0.717) is 22.6 Å². The lowest BCUT2D eigenvalue weighted by Gasteiger charge is -2.44. The van der Waals surface area contributed by atoms with E-state index in [4.69, 9.17) is 9.47 Å². The fraction of sp³-hybridized carbons (Fsp3) is 0.158. The van der Waals surface area contributed by atoms with E-state index < -0.39 is 5.91 Å². The predicted octanol–water partition coefficient (Wildman–Crippen LogP) is 3.03. The first kappa shape index (κ1) is 14.5. The largest absolute Gasteiger partial charge is 0.431 e. The lowest BCUT2D eigenvalue weighted by Crippen LogP contribution is -2.60. The molecular weight excluding hydrogens is 306 g/mol. The molecule has 0 radical (unpaired) electrons. The predicted molar refractivity (Wildman–Crippen MR) is 88.1 cm³/mol. The summed E-state index contributed by atoms with van der Waals surface area (Å²) >= 11 is 0. The van der Waals surface area contributed by atoms with Crippen molar-refractivity contribution >= 4 is 18.3 Å². The van der Waals surface area contributed by atoms with Crippen molar-refractivity contribution < 1.29 is 19.1 Å². The molecule has 2 aromatic rings. The number of aldehydes is 1. The normalized spacial score (nSPS) is 20.9. The summed E-state index contributed by atoms with van der Waals surface area (Å²) in [6.07, 6.45) is 4.31. The van der Waals surface area contributed by atoms with E-state index in [2.05, 4.69) is 0 Å². The zero-order chi connectivity index (χ0) is 16.9. The number of fused-ring (bicyclic) bond motifs is 2. The SMILES string of the molecule is Cc1cc(C=O)cc2c1O[C@]1(C=C2)Oc2ccccc2C(=O)N1C. The van der Waals surface area contributed by atoms with E-state index in [1.54, 1.807) is 43.5 Å². The number of ether oxygens (including phenoxy) is 2. The summed E-state index contributed by atoms with van der Waals surface area (Å²) in [4.78, 5) is 25.1. The van der Waals surface area contributed by atoms with Gasteiger partial charge in [-0.3, -0.25) is 14.5 Å². The summed E-state index contributed by atoms with van der Waals surface area (Å²) in [5.41, 5.74) is 2.67. The zero-order valence-electron chi connectivity index (χ0n) is 13.3. The molecule has 4 rings (SSSR count). The Bertz CT molecular complexity index is 902. The van der Waals surface area contributed by atoms with Crippen molar-refractivity contribution in [3.63, 3.8) is 0 Å². The molecular formula is C19H15NO4. The van der Waals surface area contributed by atoms with Gasteiger partial charge in [0.1, 0.15) is 17.8 Å². The van der Waals surface area contributed by atoms with Gasteiger partial charge in [0.2, 0.25) is 0 Å². The van der Waals surface area contributed by atoms with Gasteiger partial charge < -0.3 is 9.47 Å². The first-order chi connectivity index (χ1) is 11.5. The molecule has 0 bridgehead atoms. The van der Waals surface area contributed by atoms with Crippen LogP contribution < -0.4 is 9.47 Å². The van der Waals surface area contributed by atoms with E-state index in [1.807, 2.05) is 19.1 Å². The summed E-state index contributed by atoms with van der Waals surface area (Å²) < 4.78 is 12.1. The third kappa shape index (κ3) is 1.94. The molecule has 0 fully saturated rings. The Morgan fingerprint density at radius 3 is 2.75 bits per heavy atom. The van der Waals surface area contributed by atoms with Crippen molar-refractivity contribution in [2.45, 2.75) is 12.8 Å². The molecule has 120 valence electrons. The van der Waals surface area contributed by atoms with Gasteiger partial charge in [0.25, 0.3) is 5.91 Å². The number of carbonyl (C=O) groups excluding carboxylic acids is 2. The van der Waals surface area contributed by atoms with Gasteiger partial charge in [0.15, 0.2) is 0 Å². The Hall–Kier alpha value is -3.08. The van der Waals surface area contributed by atoms with Crippen LogP contribution in [0.15, 0.2) is 42.5 Å². The minimum atomic E-state index is -1.33. The first-order valence-corrected chi connectivity index (χ1v) is 7.58. The van der Waals surface area contributed by atoms with Crippen LogP contribution in [0.25, 0.3) is 6.08 Å². The minimum absolute atomic E-state index is 0.174. The third-order valence-corrected chi connectivity index (χ3v) is 4.33. The number of nitrogens with zero attached hydrogens (tertiary/aromatic N) is 1. The van der Waals surface area contributed by atoms with Crippen LogP contribution in [0.2, 0.25) is 0 Å². The molecule has 2 aliphatic heterocycles. The molecule has 0 aromatic heterocycles. The molecule has 0 unspecified atom stereocenters. The maximum atomic E-state index is 12.7. The van der Waals surface area contributed by atoms with Crippen molar-refractivity contribution in [2.75, 3.05) is 7.05 Å². The van der Waals surface area contributed by atoms with E-state index in [-0.39, 0.29) is 5.91 Å². The number of para-hydroxylation sites is 1. The van der Waals surface area contributed by atoms with E-state index in [1.165, 1.54) is 4.90 Å². The highest BCUT2D eigenvalue weighted by Crippen LogP contribution is 2.40. The summed E-state index contributed by atoms with van der Waals surface area (Å²) in [6, 6.07) is 10.6. The van der Waals surface area contributed by atoms with Gasteiger partial charge in [-0.2, -0.15) is 0 Å². The second-order valence-corrected chi connectivity index (χ2v) is 5.90. The highest BCUT2D eigenvalue weighted by molar-refractivity contribution is 5.98. The summed E-state index contributed by atoms with van der Waals surface area (Å²) in [5.74, 6) is -0.420. The first-order valence-electron chi connectivity index (χ1n) is 7.58. The van der Waals surface area contributed by atoms with Crippen LogP contribution in [0.3, 0.4) is 0 Å². The Morgan fingerprint density at radius 1 is 1.17 bits per heavy atom. The van der Waals surface area contributed by atoms with Crippen LogP contribution in [0.5, 0.6) is 11.5 Å². The van der Waals surface area contributed by atoms with Gasteiger partial charge in [-0.05, 0) is 42.8 Å². The molecule has 0 saturated heterocycles. The van der Waals surface area contributed by atoms with Crippen LogP contribution >= 0.6 is 0 Å². The van der Waals surface area contributed by atoms with Crippen LogP contribution in [0, 0.1) is 6.92 Å². The Balaban J connectivity index is 1.82. The molecule has 5 heteroatoms. The number of aryl methyl sites for hydroxylation is 1. The highest BCUT2D eigenvalue weighted by Gasteiger charge is 2.47. The van der Waals surface area contributed by atoms with Crippen molar-refractivity contribution in [2.24, 2.45) is 0 Å². The molecule has 2 aliphatic rings. The monoisotopic (exact) mass is 321 g/mol. The number of amides is 1. The Labute approximate surface area is 139 Å². The molecule has 24 heavy (non-hydrogen) atoms. The van der Waals surface area contributed by atoms with Gasteiger partial charge in [-0.25, -0.2) is 0 Å². The fourth-order valence-electron chi connectivity index (χ4n) is 3.05.